The predicted molar refractivity (Wildman–Crippen MR) is 75.6 cm³/mol. The van der Waals surface area contributed by atoms with Crippen LogP contribution in [0.4, 0.5) is 4.79 Å². The number of carbonyl (C=O) groups is 1. The number of carbonyl (C=O) groups excluding carboxylic acids is 1. The molecule has 0 saturated heterocycles. The van der Waals surface area contributed by atoms with Gasteiger partial charge >= 0.3 is 6.16 Å². The highest BCUT2D eigenvalue weighted by Gasteiger charge is 2.20. The van der Waals surface area contributed by atoms with Crippen LogP contribution in [0.1, 0.15) is 34.6 Å². The molecular weight excluding hydrogens is 260 g/mol. The zero-order chi connectivity index (χ0) is 15.3. The Labute approximate surface area is 119 Å². The molecule has 5 heteroatoms. The minimum atomic E-state index is -0.780. The van der Waals surface area contributed by atoms with Crippen molar-refractivity contribution in [2.24, 2.45) is 0 Å². The molecule has 0 aromatic heterocycles. The fourth-order valence-corrected chi connectivity index (χ4v) is 1.44. The van der Waals surface area contributed by atoms with Gasteiger partial charge in [-0.15, -0.1) is 0 Å². The molecule has 1 aromatic carbocycles. The first-order chi connectivity index (χ1) is 9.21. The third kappa shape index (κ3) is 5.38. The first kappa shape index (κ1) is 16.1. The van der Waals surface area contributed by atoms with E-state index >= 15 is 0 Å². The second-order valence-electron chi connectivity index (χ2n) is 5.55. The largest absolute Gasteiger partial charge is 0.514 e. The maximum Gasteiger partial charge on any atom is 0.514 e. The van der Waals surface area contributed by atoms with E-state index in [1.807, 2.05) is 13.8 Å². The van der Waals surface area contributed by atoms with E-state index in [1.165, 1.54) is 7.11 Å². The van der Waals surface area contributed by atoms with Crippen LogP contribution in [-0.4, -0.2) is 25.0 Å². The summed E-state index contributed by atoms with van der Waals surface area (Å²) in [5.74, 6) is 1.30. The Morgan fingerprint density at radius 3 is 2.30 bits per heavy atom. The minimum Gasteiger partial charge on any atom is -0.493 e. The summed E-state index contributed by atoms with van der Waals surface area (Å²) >= 11 is 0. The van der Waals surface area contributed by atoms with Gasteiger partial charge < -0.3 is 18.9 Å². The van der Waals surface area contributed by atoms with Crippen LogP contribution in [0, 0.1) is 0 Å². The Morgan fingerprint density at radius 2 is 1.80 bits per heavy atom. The van der Waals surface area contributed by atoms with E-state index in [1.54, 1.807) is 39.0 Å². The van der Waals surface area contributed by atoms with Gasteiger partial charge in [0.2, 0.25) is 0 Å². The van der Waals surface area contributed by atoms with Gasteiger partial charge in [0, 0.05) is 6.07 Å². The van der Waals surface area contributed by atoms with Gasteiger partial charge in [0.25, 0.3) is 0 Å². The highest BCUT2D eigenvalue weighted by molar-refractivity contribution is 5.66. The van der Waals surface area contributed by atoms with E-state index < -0.39 is 11.8 Å². The summed E-state index contributed by atoms with van der Waals surface area (Å²) in [7, 11) is 1.50. The lowest BCUT2D eigenvalue weighted by molar-refractivity contribution is 0.0200. The number of methoxy groups -OCH3 is 1. The normalized spacial score (nSPS) is 11.2. The van der Waals surface area contributed by atoms with E-state index in [9.17, 15) is 4.79 Å². The lowest BCUT2D eigenvalue weighted by Gasteiger charge is -2.19. The van der Waals surface area contributed by atoms with Gasteiger partial charge in [-0.25, -0.2) is 4.79 Å². The zero-order valence-corrected chi connectivity index (χ0v) is 12.9. The summed E-state index contributed by atoms with van der Waals surface area (Å²) in [6.45, 7) is 9.13. The van der Waals surface area contributed by atoms with Crippen LogP contribution in [0.25, 0.3) is 0 Å². The van der Waals surface area contributed by atoms with Gasteiger partial charge in [0.05, 0.1) is 13.2 Å². The van der Waals surface area contributed by atoms with Crippen molar-refractivity contribution in [2.45, 2.75) is 46.3 Å². The second-order valence-corrected chi connectivity index (χ2v) is 5.55. The molecule has 0 radical (unpaired) electrons. The highest BCUT2D eigenvalue weighted by Crippen LogP contribution is 2.32. The molecule has 0 aliphatic carbocycles. The Morgan fingerprint density at radius 1 is 1.15 bits per heavy atom. The highest BCUT2D eigenvalue weighted by atomic mass is 16.7. The molecule has 0 aliphatic heterocycles. The molecule has 0 unspecified atom stereocenters. The Bertz CT molecular complexity index is 460. The number of hydrogen-bond donors (Lipinski definition) is 0. The average Bonchev–Trinajstić information content (AvgIpc) is 2.25. The lowest BCUT2D eigenvalue weighted by Crippen LogP contribution is -2.26. The van der Waals surface area contributed by atoms with Crippen molar-refractivity contribution in [1.29, 1.82) is 0 Å². The lowest BCUT2D eigenvalue weighted by atomic mass is 10.2. The van der Waals surface area contributed by atoms with Crippen LogP contribution in [0.15, 0.2) is 18.2 Å². The summed E-state index contributed by atoms with van der Waals surface area (Å²) in [6.07, 6.45) is -0.754. The van der Waals surface area contributed by atoms with Crippen molar-refractivity contribution in [3.05, 3.63) is 18.2 Å². The molecule has 0 amide bonds. The third-order valence-corrected chi connectivity index (χ3v) is 2.09. The molecule has 1 aromatic rings. The van der Waals surface area contributed by atoms with E-state index in [2.05, 4.69) is 0 Å². The van der Waals surface area contributed by atoms with Crippen molar-refractivity contribution < 1.29 is 23.7 Å². The Hall–Kier alpha value is -1.91. The van der Waals surface area contributed by atoms with E-state index in [0.29, 0.717) is 11.5 Å². The molecule has 1 rings (SSSR count). The number of rotatable bonds is 4. The fraction of sp³-hybridized carbons (Fsp3) is 0.533. The first-order valence-corrected chi connectivity index (χ1v) is 6.47. The molecule has 0 N–H and O–H groups in total. The summed E-state index contributed by atoms with van der Waals surface area (Å²) < 4.78 is 21.0. The van der Waals surface area contributed by atoms with Crippen molar-refractivity contribution >= 4 is 6.16 Å². The molecular formula is C15H22O5. The van der Waals surface area contributed by atoms with Crippen molar-refractivity contribution in [3.8, 4) is 17.2 Å². The van der Waals surface area contributed by atoms with Crippen molar-refractivity contribution in [1.82, 2.24) is 0 Å². The van der Waals surface area contributed by atoms with Gasteiger partial charge in [0.15, 0.2) is 11.5 Å². The summed E-state index contributed by atoms with van der Waals surface area (Å²) in [5, 5.41) is 0. The summed E-state index contributed by atoms with van der Waals surface area (Å²) in [5.41, 5.74) is -0.615. The molecule has 0 atom stereocenters. The number of ether oxygens (including phenoxy) is 4. The molecule has 112 valence electrons. The van der Waals surface area contributed by atoms with E-state index in [0.717, 1.165) is 0 Å². The molecule has 0 aliphatic rings. The topological polar surface area (TPSA) is 54.0 Å². The van der Waals surface area contributed by atoms with Gasteiger partial charge in [-0.05, 0) is 46.8 Å². The van der Waals surface area contributed by atoms with Crippen LogP contribution in [0.2, 0.25) is 0 Å². The van der Waals surface area contributed by atoms with Crippen LogP contribution >= 0.6 is 0 Å². The van der Waals surface area contributed by atoms with Gasteiger partial charge in [-0.2, -0.15) is 0 Å². The van der Waals surface area contributed by atoms with Crippen LogP contribution in [0.3, 0.4) is 0 Å². The van der Waals surface area contributed by atoms with E-state index in [-0.39, 0.29) is 11.9 Å². The molecule has 0 saturated carbocycles. The van der Waals surface area contributed by atoms with Crippen molar-refractivity contribution in [2.75, 3.05) is 7.11 Å². The molecule has 0 fully saturated rings. The molecule has 5 nitrogen and oxygen atoms in total. The van der Waals surface area contributed by atoms with Gasteiger partial charge in [-0.3, -0.25) is 0 Å². The smallest absolute Gasteiger partial charge is 0.493 e. The fourth-order valence-electron chi connectivity index (χ4n) is 1.44. The van der Waals surface area contributed by atoms with Crippen molar-refractivity contribution in [3.63, 3.8) is 0 Å². The van der Waals surface area contributed by atoms with Gasteiger partial charge in [0.1, 0.15) is 11.4 Å². The van der Waals surface area contributed by atoms with Crippen LogP contribution < -0.4 is 14.2 Å². The monoisotopic (exact) mass is 282 g/mol. The predicted octanol–water partition coefficient (Wildman–Crippen LogP) is 3.80. The zero-order valence-electron chi connectivity index (χ0n) is 12.9. The summed E-state index contributed by atoms with van der Waals surface area (Å²) in [6, 6.07) is 5.03. The molecule has 20 heavy (non-hydrogen) atoms. The standard InChI is InChI=1S/C15H22O5/c1-10(2)18-11-7-8-12(17-6)13(9-11)19-14(16)20-15(3,4)5/h7-10H,1-6H3. The summed E-state index contributed by atoms with van der Waals surface area (Å²) in [4.78, 5) is 11.7. The maximum atomic E-state index is 11.7. The molecule has 0 bridgehead atoms. The average molecular weight is 282 g/mol. The molecule has 0 heterocycles. The number of benzene rings is 1. The van der Waals surface area contributed by atoms with Gasteiger partial charge in [-0.1, -0.05) is 0 Å². The van der Waals surface area contributed by atoms with Crippen LogP contribution in [-0.2, 0) is 4.74 Å². The van der Waals surface area contributed by atoms with E-state index in [4.69, 9.17) is 18.9 Å². The second kappa shape index (κ2) is 6.50. The SMILES string of the molecule is COc1ccc(OC(C)C)cc1OC(=O)OC(C)(C)C. The Balaban J connectivity index is 2.88. The maximum absolute atomic E-state index is 11.7. The molecule has 0 spiro atoms. The Kier molecular flexibility index (Phi) is 5.25. The first-order valence-electron chi connectivity index (χ1n) is 6.47. The third-order valence-electron chi connectivity index (χ3n) is 2.09. The number of hydrogen-bond acceptors (Lipinski definition) is 5. The van der Waals surface area contributed by atoms with Crippen LogP contribution in [0.5, 0.6) is 17.2 Å². The quantitative estimate of drug-likeness (QED) is 0.621. The minimum absolute atomic E-state index is 0.0257.